The van der Waals surface area contributed by atoms with E-state index in [1.54, 1.807) is 0 Å². The van der Waals surface area contributed by atoms with E-state index in [2.05, 4.69) is 38.2 Å². The van der Waals surface area contributed by atoms with E-state index in [-0.39, 0.29) is 0 Å². The molecule has 0 amide bonds. The zero-order chi connectivity index (χ0) is 9.97. The first-order valence-electron chi connectivity index (χ1n) is 6.21. The fourth-order valence-corrected chi connectivity index (χ4v) is 2.85. The van der Waals surface area contributed by atoms with Crippen molar-refractivity contribution in [3.8, 4) is 0 Å². The molecule has 78 valence electrons. The Labute approximate surface area is 88.1 Å². The van der Waals surface area contributed by atoms with Gasteiger partial charge in [-0.2, -0.15) is 0 Å². The minimum Gasteiger partial charge on any atom is -0.0879 e. The largest absolute Gasteiger partial charge is 0.0879 e. The molecule has 0 heterocycles. The van der Waals surface area contributed by atoms with Crippen LogP contribution in [0.2, 0.25) is 0 Å². The van der Waals surface area contributed by atoms with E-state index in [0.29, 0.717) is 0 Å². The Morgan fingerprint density at radius 3 is 2.86 bits per heavy atom. The van der Waals surface area contributed by atoms with Gasteiger partial charge in [-0.3, -0.25) is 0 Å². The van der Waals surface area contributed by atoms with Gasteiger partial charge in [0.1, 0.15) is 0 Å². The number of unbranched alkanes of at least 4 members (excludes halogenated alkanes) is 1. The van der Waals surface area contributed by atoms with Gasteiger partial charge in [-0.1, -0.05) is 51.0 Å². The lowest BCUT2D eigenvalue weighted by Crippen LogP contribution is -2.16. The molecular weight excluding hydrogens is 168 g/mol. The average Bonchev–Trinajstić information content (AvgIpc) is 2.96. The van der Waals surface area contributed by atoms with Gasteiger partial charge >= 0.3 is 0 Å². The van der Waals surface area contributed by atoms with E-state index < -0.39 is 0 Å². The zero-order valence-electron chi connectivity index (χ0n) is 9.45. The van der Waals surface area contributed by atoms with Crippen molar-refractivity contribution in [2.24, 2.45) is 23.7 Å². The van der Waals surface area contributed by atoms with Gasteiger partial charge in [-0.05, 0) is 36.5 Å². The van der Waals surface area contributed by atoms with Crippen LogP contribution in [0, 0.1) is 23.7 Å². The predicted molar refractivity (Wildman–Crippen MR) is 62.1 cm³/mol. The van der Waals surface area contributed by atoms with E-state index in [4.69, 9.17) is 0 Å². The molecule has 0 saturated heterocycles. The number of allylic oxidation sites excluding steroid dienone is 4. The van der Waals surface area contributed by atoms with Gasteiger partial charge in [-0.25, -0.2) is 0 Å². The van der Waals surface area contributed by atoms with Gasteiger partial charge < -0.3 is 0 Å². The van der Waals surface area contributed by atoms with Gasteiger partial charge in [0.05, 0.1) is 0 Å². The lowest BCUT2D eigenvalue weighted by molar-refractivity contribution is 0.362. The summed E-state index contributed by atoms with van der Waals surface area (Å²) in [6.07, 6.45) is 15.1. The molecule has 0 aromatic heterocycles. The first-order valence-corrected chi connectivity index (χ1v) is 6.21. The molecular formula is C14H22. The second-order valence-corrected chi connectivity index (χ2v) is 4.81. The second kappa shape index (κ2) is 4.33. The highest BCUT2D eigenvalue weighted by Crippen LogP contribution is 2.52. The Morgan fingerprint density at radius 1 is 1.29 bits per heavy atom. The van der Waals surface area contributed by atoms with Crippen molar-refractivity contribution >= 4 is 0 Å². The van der Waals surface area contributed by atoms with Gasteiger partial charge in [0.15, 0.2) is 0 Å². The molecule has 0 N–H and O–H groups in total. The Balaban J connectivity index is 1.95. The van der Waals surface area contributed by atoms with Crippen molar-refractivity contribution in [2.75, 3.05) is 0 Å². The van der Waals surface area contributed by atoms with Crippen LogP contribution in [0.4, 0.5) is 0 Å². The summed E-state index contributed by atoms with van der Waals surface area (Å²) in [6.45, 7) is 4.59. The van der Waals surface area contributed by atoms with Crippen molar-refractivity contribution in [3.05, 3.63) is 24.3 Å². The Kier molecular flexibility index (Phi) is 3.10. The van der Waals surface area contributed by atoms with E-state index in [0.717, 1.165) is 23.7 Å². The highest BCUT2D eigenvalue weighted by Gasteiger charge is 2.44. The summed E-state index contributed by atoms with van der Waals surface area (Å²) < 4.78 is 0. The Hall–Kier alpha value is -0.520. The van der Waals surface area contributed by atoms with Crippen LogP contribution in [-0.2, 0) is 0 Å². The van der Waals surface area contributed by atoms with Crippen LogP contribution in [0.1, 0.15) is 39.5 Å². The van der Waals surface area contributed by atoms with Gasteiger partial charge in [0.2, 0.25) is 0 Å². The maximum absolute atomic E-state index is 2.46. The fraction of sp³-hybridized carbons (Fsp3) is 0.714. The van der Waals surface area contributed by atoms with Gasteiger partial charge in [-0.15, -0.1) is 0 Å². The molecule has 1 fully saturated rings. The SMILES string of the molecule is CCCC=CC1C=CC2CC2C1CC. The first kappa shape index (κ1) is 10.0. The van der Waals surface area contributed by atoms with Crippen molar-refractivity contribution in [2.45, 2.75) is 39.5 Å². The smallest absolute Gasteiger partial charge is 0.00223 e. The van der Waals surface area contributed by atoms with E-state index in [9.17, 15) is 0 Å². The molecule has 0 aromatic carbocycles. The molecule has 1 saturated carbocycles. The van der Waals surface area contributed by atoms with Crippen LogP contribution in [0.5, 0.6) is 0 Å². The van der Waals surface area contributed by atoms with Gasteiger partial charge in [0, 0.05) is 0 Å². The normalized spacial score (nSPS) is 40.1. The molecule has 14 heavy (non-hydrogen) atoms. The molecule has 0 nitrogen and oxygen atoms in total. The zero-order valence-corrected chi connectivity index (χ0v) is 9.45. The number of rotatable bonds is 4. The van der Waals surface area contributed by atoms with Crippen LogP contribution < -0.4 is 0 Å². The molecule has 0 aliphatic heterocycles. The standard InChI is InChI=1S/C14H22/c1-3-5-6-7-11-8-9-12-10-14(12)13(11)4-2/h6-9,11-14H,3-5,10H2,1-2H3. The first-order chi connectivity index (χ1) is 6.86. The third-order valence-corrected chi connectivity index (χ3v) is 3.80. The fourth-order valence-electron chi connectivity index (χ4n) is 2.85. The van der Waals surface area contributed by atoms with E-state index in [1.807, 2.05) is 0 Å². The minimum atomic E-state index is 0.746. The molecule has 0 spiro atoms. The molecule has 0 aromatic rings. The molecule has 0 bridgehead atoms. The summed E-state index contributed by atoms with van der Waals surface area (Å²) in [5.41, 5.74) is 0. The lowest BCUT2D eigenvalue weighted by atomic mass is 9.81. The quantitative estimate of drug-likeness (QED) is 0.583. The highest BCUT2D eigenvalue weighted by molar-refractivity contribution is 5.17. The molecule has 0 radical (unpaired) electrons. The highest BCUT2D eigenvalue weighted by atomic mass is 14.5. The summed E-state index contributed by atoms with van der Waals surface area (Å²) in [5, 5.41) is 0. The van der Waals surface area contributed by atoms with Crippen molar-refractivity contribution < 1.29 is 0 Å². The maximum atomic E-state index is 2.46. The lowest BCUT2D eigenvalue weighted by Gasteiger charge is -2.24. The minimum absolute atomic E-state index is 0.746. The predicted octanol–water partition coefficient (Wildman–Crippen LogP) is 4.19. The summed E-state index contributed by atoms with van der Waals surface area (Å²) in [6, 6.07) is 0. The molecule has 0 heteroatoms. The third kappa shape index (κ3) is 1.94. The summed E-state index contributed by atoms with van der Waals surface area (Å²) in [5.74, 6) is 3.67. The molecule has 4 unspecified atom stereocenters. The van der Waals surface area contributed by atoms with Crippen molar-refractivity contribution in [1.82, 2.24) is 0 Å². The molecule has 4 atom stereocenters. The second-order valence-electron chi connectivity index (χ2n) is 4.81. The summed E-state index contributed by atoms with van der Waals surface area (Å²) >= 11 is 0. The topological polar surface area (TPSA) is 0 Å². The summed E-state index contributed by atoms with van der Waals surface area (Å²) in [4.78, 5) is 0. The Bertz CT molecular complexity index is 236. The third-order valence-electron chi connectivity index (χ3n) is 3.80. The average molecular weight is 190 g/mol. The number of fused-ring (bicyclic) bond motifs is 1. The molecule has 2 rings (SSSR count). The summed E-state index contributed by atoms with van der Waals surface area (Å²) in [7, 11) is 0. The number of hydrogen-bond donors (Lipinski definition) is 0. The van der Waals surface area contributed by atoms with Gasteiger partial charge in [0.25, 0.3) is 0 Å². The molecule has 2 aliphatic rings. The van der Waals surface area contributed by atoms with Crippen LogP contribution in [-0.4, -0.2) is 0 Å². The molecule has 2 aliphatic carbocycles. The van der Waals surface area contributed by atoms with Crippen LogP contribution >= 0.6 is 0 Å². The Morgan fingerprint density at radius 2 is 2.14 bits per heavy atom. The maximum Gasteiger partial charge on any atom is -0.00223 e. The van der Waals surface area contributed by atoms with Crippen LogP contribution in [0.25, 0.3) is 0 Å². The van der Waals surface area contributed by atoms with E-state index in [1.165, 1.54) is 25.7 Å². The van der Waals surface area contributed by atoms with Crippen LogP contribution in [0.3, 0.4) is 0 Å². The van der Waals surface area contributed by atoms with Crippen molar-refractivity contribution in [3.63, 3.8) is 0 Å². The monoisotopic (exact) mass is 190 g/mol. The number of hydrogen-bond acceptors (Lipinski definition) is 0. The van der Waals surface area contributed by atoms with Crippen molar-refractivity contribution in [1.29, 1.82) is 0 Å². The van der Waals surface area contributed by atoms with E-state index >= 15 is 0 Å². The van der Waals surface area contributed by atoms with Crippen LogP contribution in [0.15, 0.2) is 24.3 Å².